The molecule has 1 amide bonds. The molecule has 0 aliphatic rings. The monoisotopic (exact) mass is 263 g/mol. The van der Waals surface area contributed by atoms with E-state index in [4.69, 9.17) is 0 Å². The second kappa shape index (κ2) is 2.82. The zero-order valence-electron chi connectivity index (χ0n) is 4.96. The second-order valence-corrected chi connectivity index (χ2v) is 6.14. The molecule has 6 heteroatoms. The fourth-order valence-corrected chi connectivity index (χ4v) is 1.29. The second-order valence-electron chi connectivity index (χ2n) is 1.43. The Morgan fingerprint density at radius 3 is 1.89 bits per heavy atom. The van der Waals surface area contributed by atoms with Gasteiger partial charge in [0.2, 0.25) is 5.91 Å². The van der Waals surface area contributed by atoms with Gasteiger partial charge >= 0.3 is 0 Å². The maximum Gasteiger partial charge on any atom is 0.290 e. The van der Waals surface area contributed by atoms with Crippen LogP contribution >= 0.6 is 21.2 Å². The molecular weight excluding hydrogens is 257 g/mol. The van der Waals surface area contributed by atoms with Crippen molar-refractivity contribution in [3.05, 3.63) is 0 Å². The van der Waals surface area contributed by atoms with Crippen LogP contribution in [0.3, 0.4) is 0 Å². The van der Waals surface area contributed by atoms with Crippen LogP contribution in [-0.2, 0) is 12.0 Å². The number of carbonyl (C=O) groups is 1. The Hall–Kier alpha value is 0.150. The highest BCUT2D eigenvalue weighted by atomic mass is 127. The Balaban J connectivity index is 4.43. The lowest BCUT2D eigenvalue weighted by Gasteiger charge is -2.08. The molecule has 0 unspecified atom stereocenters. The van der Waals surface area contributed by atoms with E-state index in [1.54, 1.807) is 0 Å². The molecule has 0 rings (SSSR count). The van der Waals surface area contributed by atoms with Gasteiger partial charge < -0.3 is 0 Å². The van der Waals surface area contributed by atoms with Gasteiger partial charge in [0.25, 0.3) is 7.19 Å². The van der Waals surface area contributed by atoms with Crippen molar-refractivity contribution in [2.24, 2.45) is 0 Å². The molecule has 0 radical (unpaired) electrons. The Labute approximate surface area is 65.9 Å². The Bertz CT molecular complexity index is 209. The van der Waals surface area contributed by atoms with Crippen LogP contribution in [0.4, 0.5) is 0 Å². The Kier molecular flexibility index (Phi) is 2.87. The van der Waals surface area contributed by atoms with Gasteiger partial charge in [-0.25, -0.2) is 4.31 Å². The number of hydrogen-bond acceptors (Lipinski definition) is 3. The van der Waals surface area contributed by atoms with Crippen molar-refractivity contribution in [3.8, 4) is 0 Å². The molecule has 0 spiro atoms. The zero-order chi connectivity index (χ0) is 7.65. The molecule has 4 nitrogen and oxygen atoms in total. The first-order chi connectivity index (χ1) is 3.85. The molecule has 0 saturated carbocycles. The lowest BCUT2D eigenvalue weighted by molar-refractivity contribution is -0.123. The molecular formula is C3H6INO3S. The van der Waals surface area contributed by atoms with E-state index in [0.29, 0.717) is 4.31 Å². The first-order valence-electron chi connectivity index (χ1n) is 2.05. The molecule has 0 fully saturated rings. The highest BCUT2D eigenvalue weighted by Gasteiger charge is 2.14. The van der Waals surface area contributed by atoms with E-state index >= 15 is 0 Å². The molecule has 0 heterocycles. The minimum absolute atomic E-state index is 0.482. The topological polar surface area (TPSA) is 54.5 Å². The highest BCUT2D eigenvalue weighted by molar-refractivity contribution is 14.2. The molecule has 0 aromatic rings. The van der Waals surface area contributed by atoms with Crippen LogP contribution in [0, 0.1) is 0 Å². The van der Waals surface area contributed by atoms with E-state index in [-0.39, 0.29) is 0 Å². The number of rotatable bonds is 1. The normalized spacial score (nSPS) is 11.0. The van der Waals surface area contributed by atoms with E-state index in [9.17, 15) is 13.2 Å². The quantitative estimate of drug-likeness (QED) is 0.499. The number of carbonyl (C=O) groups excluding carboxylic acids is 1. The third-order valence-electron chi connectivity index (χ3n) is 0.771. The first-order valence-corrected chi connectivity index (χ1v) is 6.03. The van der Waals surface area contributed by atoms with Crippen molar-refractivity contribution in [2.45, 2.75) is 6.92 Å². The van der Waals surface area contributed by atoms with Gasteiger partial charge in [-0.05, 0) is 0 Å². The van der Waals surface area contributed by atoms with Crippen LogP contribution in [-0.4, -0.2) is 25.7 Å². The first kappa shape index (κ1) is 9.15. The van der Waals surface area contributed by atoms with Crippen molar-refractivity contribution in [1.29, 1.82) is 0 Å². The molecule has 0 bridgehead atoms. The molecule has 9 heavy (non-hydrogen) atoms. The lowest BCUT2D eigenvalue weighted by atomic mass is 10.7. The fourth-order valence-electron chi connectivity index (χ4n) is 0.154. The summed E-state index contributed by atoms with van der Waals surface area (Å²) < 4.78 is 21.6. The fraction of sp³-hybridized carbons (Fsp3) is 0.667. The third kappa shape index (κ3) is 2.99. The summed E-state index contributed by atoms with van der Waals surface area (Å²) >= 11 is 1.20. The Morgan fingerprint density at radius 2 is 1.89 bits per heavy atom. The number of hydrogen-bond donors (Lipinski definition) is 0. The van der Waals surface area contributed by atoms with Crippen molar-refractivity contribution in [2.75, 3.05) is 7.05 Å². The molecule has 0 aromatic heterocycles. The van der Waals surface area contributed by atoms with Gasteiger partial charge in [0, 0.05) is 14.0 Å². The van der Waals surface area contributed by atoms with Crippen LogP contribution < -0.4 is 0 Å². The van der Waals surface area contributed by atoms with Gasteiger partial charge in [0.15, 0.2) is 0 Å². The third-order valence-corrected chi connectivity index (χ3v) is 3.45. The summed E-state index contributed by atoms with van der Waals surface area (Å²) in [5, 5.41) is 0. The standard InChI is InChI=1S/C3H6INO3S/c1-3(6)5(2)9(4,7)8/h1-2H3. The van der Waals surface area contributed by atoms with Gasteiger partial charge in [0.1, 0.15) is 0 Å². The van der Waals surface area contributed by atoms with Gasteiger partial charge in [-0.2, -0.15) is 8.42 Å². The van der Waals surface area contributed by atoms with E-state index in [2.05, 4.69) is 0 Å². The summed E-state index contributed by atoms with van der Waals surface area (Å²) in [7, 11) is -2.14. The van der Waals surface area contributed by atoms with Crippen LogP contribution in [0.1, 0.15) is 6.92 Å². The molecule has 0 aliphatic carbocycles. The summed E-state index contributed by atoms with van der Waals surface area (Å²) in [5.74, 6) is -0.482. The highest BCUT2D eigenvalue weighted by Crippen LogP contribution is 2.05. The van der Waals surface area contributed by atoms with Crippen molar-refractivity contribution >= 4 is 34.3 Å². The maximum absolute atomic E-state index is 10.5. The van der Waals surface area contributed by atoms with Crippen molar-refractivity contribution < 1.29 is 13.2 Å². The molecule has 0 saturated heterocycles. The SMILES string of the molecule is CC(=O)N(C)S(=O)(=O)I. The number of halogens is 1. The molecule has 0 N–H and O–H groups in total. The molecule has 54 valence electrons. The minimum atomic E-state index is -3.35. The summed E-state index contributed by atoms with van der Waals surface area (Å²) in [6, 6.07) is 0. The predicted molar refractivity (Wildman–Crippen MR) is 41.4 cm³/mol. The molecule has 0 aliphatic heterocycles. The smallest absolute Gasteiger partial charge is 0.274 e. The Morgan fingerprint density at radius 1 is 1.56 bits per heavy atom. The largest absolute Gasteiger partial charge is 0.290 e. The van der Waals surface area contributed by atoms with E-state index in [0.717, 1.165) is 0 Å². The van der Waals surface area contributed by atoms with Crippen LogP contribution in [0.2, 0.25) is 0 Å². The summed E-state index contributed by atoms with van der Waals surface area (Å²) in [6.07, 6.45) is 0. The van der Waals surface area contributed by atoms with Crippen LogP contribution in [0.15, 0.2) is 0 Å². The lowest BCUT2D eigenvalue weighted by Crippen LogP contribution is -2.26. The average molecular weight is 263 g/mol. The van der Waals surface area contributed by atoms with E-state index in [1.165, 1.54) is 35.2 Å². The van der Waals surface area contributed by atoms with Crippen molar-refractivity contribution in [1.82, 2.24) is 4.31 Å². The summed E-state index contributed by atoms with van der Waals surface area (Å²) in [6.45, 7) is 1.19. The van der Waals surface area contributed by atoms with Gasteiger partial charge in [-0.1, -0.05) is 0 Å². The maximum atomic E-state index is 10.5. The van der Waals surface area contributed by atoms with E-state index < -0.39 is 13.1 Å². The van der Waals surface area contributed by atoms with Crippen molar-refractivity contribution in [3.63, 3.8) is 0 Å². The van der Waals surface area contributed by atoms with Crippen LogP contribution in [0.5, 0.6) is 0 Å². The van der Waals surface area contributed by atoms with Gasteiger partial charge in [-0.3, -0.25) is 4.79 Å². The zero-order valence-corrected chi connectivity index (χ0v) is 7.93. The van der Waals surface area contributed by atoms with Gasteiger partial charge in [0.05, 0.1) is 21.2 Å². The summed E-state index contributed by atoms with van der Waals surface area (Å²) in [4.78, 5) is 10.3. The molecule has 0 atom stereocenters. The number of nitrogens with zero attached hydrogens (tertiary/aromatic N) is 1. The molecule has 0 aromatic carbocycles. The van der Waals surface area contributed by atoms with Gasteiger partial charge in [-0.15, -0.1) is 0 Å². The average Bonchev–Trinajstić information content (AvgIpc) is 1.62. The summed E-state index contributed by atoms with van der Waals surface area (Å²) in [5.41, 5.74) is 0. The predicted octanol–water partition coefficient (Wildman–Crippen LogP) is 0.145. The van der Waals surface area contributed by atoms with Crippen LogP contribution in [0.25, 0.3) is 0 Å². The minimum Gasteiger partial charge on any atom is -0.274 e. The number of amides is 1. The van der Waals surface area contributed by atoms with E-state index in [1.807, 2.05) is 0 Å².